The second-order valence-corrected chi connectivity index (χ2v) is 13.7. The lowest BCUT2D eigenvalue weighted by Crippen LogP contribution is -2.33. The predicted octanol–water partition coefficient (Wildman–Crippen LogP) is 1.75. The highest BCUT2D eigenvalue weighted by Crippen LogP contribution is 2.66. The predicted molar refractivity (Wildman–Crippen MR) is 139 cm³/mol. The molecule has 0 saturated carbocycles. The van der Waals surface area contributed by atoms with Gasteiger partial charge in [0.1, 0.15) is 18.4 Å². The second-order valence-electron chi connectivity index (χ2n) is 9.29. The molecule has 1 aliphatic rings. The zero-order valence-corrected chi connectivity index (χ0v) is 24.6. The van der Waals surface area contributed by atoms with Gasteiger partial charge in [0.15, 0.2) is 0 Å². The number of rotatable bonds is 12. The van der Waals surface area contributed by atoms with Gasteiger partial charge in [0.2, 0.25) is 0 Å². The molecule has 2 heterocycles. The van der Waals surface area contributed by atoms with E-state index >= 15 is 0 Å². The summed E-state index contributed by atoms with van der Waals surface area (Å²) in [6, 6.07) is 7.18. The van der Waals surface area contributed by atoms with Gasteiger partial charge in [-0.25, -0.2) is 18.5 Å². The standard InChI is InChI=1S/C21H29N2O15P3/c1-12(2)15-7-5-4-6-14(15)8-19(24)36-16-9-18(23-10-13(3)20(25)22-21(23)26)35-17(16)11-34-40(30,31)38-41(32,33)37-39(27,28)29/h4-7,10,12,16-18H,8-9,11H2,1-3H3,(H,30,31)(H,32,33)(H,22,25,26)(H2,27,28,29)/t16-,17-,18-/m1/s1. The van der Waals surface area contributed by atoms with Crippen LogP contribution in [0.15, 0.2) is 40.1 Å². The Morgan fingerprint density at radius 3 is 2.39 bits per heavy atom. The fourth-order valence-electron chi connectivity index (χ4n) is 4.04. The molecular weight excluding hydrogens is 613 g/mol. The van der Waals surface area contributed by atoms with Crippen LogP contribution < -0.4 is 11.2 Å². The molecule has 1 aromatic carbocycles. The van der Waals surface area contributed by atoms with Crippen LogP contribution >= 0.6 is 23.5 Å². The average Bonchev–Trinajstić information content (AvgIpc) is 3.20. The first-order valence-electron chi connectivity index (χ1n) is 11.9. The van der Waals surface area contributed by atoms with Crippen molar-refractivity contribution >= 4 is 29.4 Å². The van der Waals surface area contributed by atoms with Crippen LogP contribution in [0.3, 0.4) is 0 Å². The van der Waals surface area contributed by atoms with Crippen LogP contribution in [0, 0.1) is 6.92 Å². The number of carbonyl (C=O) groups is 1. The second kappa shape index (κ2) is 12.9. The first-order valence-corrected chi connectivity index (χ1v) is 16.4. The molecule has 20 heteroatoms. The summed E-state index contributed by atoms with van der Waals surface area (Å²) < 4.78 is 59.0. The summed E-state index contributed by atoms with van der Waals surface area (Å²) in [5.74, 6) is -0.605. The minimum Gasteiger partial charge on any atom is -0.459 e. The van der Waals surface area contributed by atoms with Crippen molar-refractivity contribution in [2.24, 2.45) is 0 Å². The average molecular weight is 642 g/mol. The fourth-order valence-corrected chi connectivity index (χ4v) is 7.07. The van der Waals surface area contributed by atoms with E-state index in [1.54, 1.807) is 12.1 Å². The summed E-state index contributed by atoms with van der Waals surface area (Å²) >= 11 is 0. The van der Waals surface area contributed by atoms with Crippen molar-refractivity contribution in [2.45, 2.75) is 58.0 Å². The van der Waals surface area contributed by atoms with Gasteiger partial charge in [0, 0.05) is 18.2 Å². The summed E-state index contributed by atoms with van der Waals surface area (Å²) in [7, 11) is -16.9. The van der Waals surface area contributed by atoms with E-state index in [2.05, 4.69) is 18.1 Å². The normalized spacial score (nSPS) is 22.3. The molecule has 0 radical (unpaired) electrons. The molecule has 0 amide bonds. The van der Waals surface area contributed by atoms with Gasteiger partial charge in [0.05, 0.1) is 13.0 Å². The minimum absolute atomic E-state index is 0.102. The molecule has 3 rings (SSSR count). The van der Waals surface area contributed by atoms with E-state index in [0.717, 1.165) is 10.1 Å². The number of nitrogens with one attached hydrogen (secondary N) is 1. The Labute approximate surface area is 232 Å². The van der Waals surface area contributed by atoms with Gasteiger partial charge in [-0.1, -0.05) is 38.1 Å². The third kappa shape index (κ3) is 9.63. The number of H-pyrrole nitrogens is 1. The Bertz CT molecular complexity index is 1530. The zero-order valence-electron chi connectivity index (χ0n) is 21.9. The van der Waals surface area contributed by atoms with Crippen LogP contribution in [-0.2, 0) is 47.5 Å². The van der Waals surface area contributed by atoms with E-state index in [-0.39, 0.29) is 24.3 Å². The van der Waals surface area contributed by atoms with Crippen molar-refractivity contribution in [3.63, 3.8) is 0 Å². The number of carbonyl (C=O) groups excluding carboxylic acids is 1. The van der Waals surface area contributed by atoms with E-state index in [0.29, 0.717) is 5.56 Å². The van der Waals surface area contributed by atoms with Gasteiger partial charge in [-0.05, 0) is 24.0 Å². The molecule has 0 bridgehead atoms. The Balaban J connectivity index is 1.80. The SMILES string of the molecule is Cc1cn([C@H]2C[C@@H](OC(=O)Cc3ccccc3C(C)C)[C@@H](COP(=O)(O)OP(=O)(O)OP(=O)(O)O)O2)c(=O)[nH]c1=O. The molecule has 1 fully saturated rings. The molecule has 0 aliphatic carbocycles. The highest BCUT2D eigenvalue weighted by Gasteiger charge is 2.44. The fraction of sp³-hybridized carbons (Fsp3) is 0.476. The van der Waals surface area contributed by atoms with Crippen molar-refractivity contribution in [3.05, 3.63) is 68.0 Å². The van der Waals surface area contributed by atoms with Crippen LogP contribution in [-0.4, -0.2) is 53.9 Å². The lowest BCUT2D eigenvalue weighted by atomic mass is 9.95. The van der Waals surface area contributed by atoms with Crippen molar-refractivity contribution in [1.29, 1.82) is 0 Å². The van der Waals surface area contributed by atoms with Crippen LogP contribution in [0.1, 0.15) is 49.1 Å². The van der Waals surface area contributed by atoms with Crippen LogP contribution in [0.5, 0.6) is 0 Å². The first-order chi connectivity index (χ1) is 18.9. The monoisotopic (exact) mass is 642 g/mol. The molecule has 2 unspecified atom stereocenters. The number of phosphoric ester groups is 1. The van der Waals surface area contributed by atoms with E-state index in [1.807, 2.05) is 26.0 Å². The molecule has 0 spiro atoms. The Morgan fingerprint density at radius 2 is 1.76 bits per heavy atom. The number of esters is 1. The van der Waals surface area contributed by atoms with Crippen molar-refractivity contribution in [1.82, 2.24) is 9.55 Å². The van der Waals surface area contributed by atoms with Gasteiger partial charge in [-0.3, -0.25) is 23.7 Å². The topological polar surface area (TPSA) is 250 Å². The summed E-state index contributed by atoms with van der Waals surface area (Å²) in [6.07, 6.45) is -2.80. The lowest BCUT2D eigenvalue weighted by molar-refractivity contribution is -0.152. The highest BCUT2D eigenvalue weighted by molar-refractivity contribution is 7.66. The molecule has 1 saturated heterocycles. The van der Waals surface area contributed by atoms with E-state index < -0.39 is 65.7 Å². The van der Waals surface area contributed by atoms with E-state index in [4.69, 9.17) is 19.3 Å². The first kappa shape index (κ1) is 33.2. The highest BCUT2D eigenvalue weighted by atomic mass is 31.3. The number of phosphoric acid groups is 3. The molecule has 2 aromatic rings. The van der Waals surface area contributed by atoms with Crippen LogP contribution in [0.25, 0.3) is 0 Å². The third-order valence-electron chi connectivity index (χ3n) is 5.75. The molecule has 228 valence electrons. The van der Waals surface area contributed by atoms with E-state index in [9.17, 15) is 37.9 Å². The summed E-state index contributed by atoms with van der Waals surface area (Å²) in [5.41, 5.74) is 0.267. The number of benzene rings is 1. The quantitative estimate of drug-likeness (QED) is 0.163. The number of aryl methyl sites for hydroxylation is 1. The van der Waals surface area contributed by atoms with Gasteiger partial charge in [-0.2, -0.15) is 8.62 Å². The Morgan fingerprint density at radius 1 is 1.10 bits per heavy atom. The smallest absolute Gasteiger partial charge is 0.459 e. The number of aromatic nitrogens is 2. The maximum Gasteiger partial charge on any atom is 0.490 e. The minimum atomic E-state index is -5.77. The maximum absolute atomic E-state index is 12.9. The van der Waals surface area contributed by atoms with Crippen molar-refractivity contribution < 1.29 is 60.7 Å². The van der Waals surface area contributed by atoms with Gasteiger partial charge >= 0.3 is 35.1 Å². The molecule has 41 heavy (non-hydrogen) atoms. The third-order valence-corrected chi connectivity index (χ3v) is 9.55. The number of aromatic amines is 1. The largest absolute Gasteiger partial charge is 0.490 e. The van der Waals surface area contributed by atoms with Gasteiger partial charge in [0.25, 0.3) is 5.56 Å². The summed E-state index contributed by atoms with van der Waals surface area (Å²) in [6.45, 7) is 4.41. The molecule has 5 atom stereocenters. The molecular formula is C21H29N2O15P3. The summed E-state index contributed by atoms with van der Waals surface area (Å²) in [4.78, 5) is 75.7. The van der Waals surface area contributed by atoms with Gasteiger partial charge < -0.3 is 29.0 Å². The van der Waals surface area contributed by atoms with Crippen LogP contribution in [0.2, 0.25) is 0 Å². The molecule has 5 N–H and O–H groups in total. The molecule has 17 nitrogen and oxygen atoms in total. The maximum atomic E-state index is 12.9. The number of nitrogens with zero attached hydrogens (tertiary/aromatic N) is 1. The summed E-state index contributed by atoms with van der Waals surface area (Å²) in [5, 5.41) is 0. The van der Waals surface area contributed by atoms with Crippen LogP contribution in [0.4, 0.5) is 0 Å². The molecule has 1 aromatic heterocycles. The van der Waals surface area contributed by atoms with Gasteiger partial charge in [-0.15, -0.1) is 0 Å². The number of hydrogen-bond acceptors (Lipinski definition) is 11. The number of hydrogen-bond donors (Lipinski definition) is 5. The zero-order chi connectivity index (χ0) is 30.8. The van der Waals surface area contributed by atoms with E-state index in [1.165, 1.54) is 13.1 Å². The lowest BCUT2D eigenvalue weighted by Gasteiger charge is -2.21. The Hall–Kier alpha value is -2.26. The number of ether oxygens (including phenoxy) is 2. The Kier molecular flexibility index (Phi) is 10.5. The molecule has 1 aliphatic heterocycles. The van der Waals surface area contributed by atoms with Crippen molar-refractivity contribution in [2.75, 3.05) is 6.61 Å². The van der Waals surface area contributed by atoms with Crippen molar-refractivity contribution in [3.8, 4) is 0 Å².